The van der Waals surface area contributed by atoms with Crippen molar-refractivity contribution in [1.82, 2.24) is 19.1 Å². The standard InChI is InChI=1S/C19H22N4O2S/c1-5-26(24,25)21-12-16-13-23-11-10-20-18(23)17(22-16)14-6-8-15(9-7-14)19(2,3)4/h5-11,13,21H,1,12H2,2-4H3. The molecule has 0 unspecified atom stereocenters. The molecule has 0 radical (unpaired) electrons. The molecule has 0 aliphatic heterocycles. The quantitative estimate of drug-likeness (QED) is 0.748. The Morgan fingerprint density at radius 1 is 1.23 bits per heavy atom. The van der Waals surface area contributed by atoms with Gasteiger partial charge >= 0.3 is 0 Å². The molecule has 1 N–H and O–H groups in total. The summed E-state index contributed by atoms with van der Waals surface area (Å²) in [6.45, 7) is 9.87. The van der Waals surface area contributed by atoms with E-state index >= 15 is 0 Å². The molecule has 0 aliphatic rings. The van der Waals surface area contributed by atoms with Crippen LogP contribution in [-0.4, -0.2) is 22.8 Å². The van der Waals surface area contributed by atoms with Crippen molar-refractivity contribution in [3.8, 4) is 11.3 Å². The minimum atomic E-state index is -3.51. The molecule has 0 atom stereocenters. The van der Waals surface area contributed by atoms with Gasteiger partial charge in [0, 0.05) is 29.6 Å². The van der Waals surface area contributed by atoms with Crippen LogP contribution in [0.4, 0.5) is 0 Å². The topological polar surface area (TPSA) is 76.4 Å². The number of rotatable bonds is 5. The van der Waals surface area contributed by atoms with E-state index in [-0.39, 0.29) is 12.0 Å². The van der Waals surface area contributed by atoms with E-state index in [9.17, 15) is 8.42 Å². The number of imidazole rings is 1. The summed E-state index contributed by atoms with van der Waals surface area (Å²) in [5, 5.41) is 0.884. The fraction of sp³-hybridized carbons (Fsp3) is 0.263. The van der Waals surface area contributed by atoms with Crippen LogP contribution >= 0.6 is 0 Å². The van der Waals surface area contributed by atoms with Crippen LogP contribution in [0.5, 0.6) is 0 Å². The Labute approximate surface area is 153 Å². The lowest BCUT2D eigenvalue weighted by molar-refractivity contribution is 0.589. The molecule has 26 heavy (non-hydrogen) atoms. The van der Waals surface area contributed by atoms with Crippen LogP contribution in [0.2, 0.25) is 0 Å². The van der Waals surface area contributed by atoms with Crippen molar-refractivity contribution in [2.45, 2.75) is 32.7 Å². The van der Waals surface area contributed by atoms with Gasteiger partial charge in [0.1, 0.15) is 5.69 Å². The summed E-state index contributed by atoms with van der Waals surface area (Å²) in [5.74, 6) is 0. The summed E-state index contributed by atoms with van der Waals surface area (Å²) in [6, 6.07) is 8.22. The summed E-state index contributed by atoms with van der Waals surface area (Å²) in [7, 11) is -3.51. The number of nitrogens with one attached hydrogen (secondary N) is 1. The van der Waals surface area contributed by atoms with Crippen LogP contribution in [-0.2, 0) is 22.0 Å². The molecule has 136 valence electrons. The number of benzene rings is 1. The molecule has 3 rings (SSSR count). The molecule has 0 saturated heterocycles. The molecular formula is C19H22N4O2S. The summed E-state index contributed by atoms with van der Waals surface area (Å²) >= 11 is 0. The molecule has 3 aromatic rings. The van der Waals surface area contributed by atoms with Gasteiger partial charge in [-0.1, -0.05) is 51.6 Å². The summed E-state index contributed by atoms with van der Waals surface area (Å²) < 4.78 is 27.5. The van der Waals surface area contributed by atoms with E-state index < -0.39 is 10.0 Å². The number of fused-ring (bicyclic) bond motifs is 1. The monoisotopic (exact) mass is 370 g/mol. The van der Waals surface area contributed by atoms with Crippen LogP contribution in [0.25, 0.3) is 16.9 Å². The third-order valence-corrected chi connectivity index (χ3v) is 5.11. The number of nitrogens with zero attached hydrogens (tertiary/aromatic N) is 3. The second-order valence-electron chi connectivity index (χ2n) is 7.10. The zero-order valence-electron chi connectivity index (χ0n) is 15.1. The van der Waals surface area contributed by atoms with Crippen LogP contribution in [0.1, 0.15) is 32.0 Å². The third-order valence-electron chi connectivity index (χ3n) is 4.12. The maximum absolute atomic E-state index is 11.6. The second-order valence-corrected chi connectivity index (χ2v) is 8.81. The molecule has 0 amide bonds. The van der Waals surface area contributed by atoms with E-state index in [1.54, 1.807) is 12.4 Å². The highest BCUT2D eigenvalue weighted by atomic mass is 32.2. The molecule has 2 heterocycles. The Balaban J connectivity index is 2.02. The molecular weight excluding hydrogens is 348 g/mol. The van der Waals surface area contributed by atoms with Crippen LogP contribution in [0.3, 0.4) is 0 Å². The normalized spacial score (nSPS) is 12.4. The number of sulfonamides is 1. The van der Waals surface area contributed by atoms with E-state index in [1.807, 2.05) is 22.7 Å². The first kappa shape index (κ1) is 18.3. The fourth-order valence-corrected chi connectivity index (χ4v) is 3.09. The van der Waals surface area contributed by atoms with Gasteiger partial charge < -0.3 is 4.40 Å². The van der Waals surface area contributed by atoms with Gasteiger partial charge in [-0.15, -0.1) is 0 Å². The lowest BCUT2D eigenvalue weighted by Gasteiger charge is -2.19. The molecule has 7 heteroatoms. The maximum Gasteiger partial charge on any atom is 0.233 e. The van der Waals surface area contributed by atoms with Crippen molar-refractivity contribution >= 4 is 15.7 Å². The Morgan fingerprint density at radius 3 is 2.54 bits per heavy atom. The Morgan fingerprint density at radius 2 is 1.92 bits per heavy atom. The van der Waals surface area contributed by atoms with Gasteiger partial charge in [-0.05, 0) is 11.0 Å². The van der Waals surface area contributed by atoms with Crippen molar-refractivity contribution in [3.05, 3.63) is 66.1 Å². The number of aromatic nitrogens is 3. The maximum atomic E-state index is 11.6. The van der Waals surface area contributed by atoms with Gasteiger partial charge in [0.25, 0.3) is 0 Å². The van der Waals surface area contributed by atoms with Gasteiger partial charge in [0.2, 0.25) is 10.0 Å². The van der Waals surface area contributed by atoms with Crippen molar-refractivity contribution < 1.29 is 8.42 Å². The van der Waals surface area contributed by atoms with Gasteiger partial charge in [-0.2, -0.15) is 0 Å². The predicted molar refractivity (Wildman–Crippen MR) is 103 cm³/mol. The van der Waals surface area contributed by atoms with Crippen molar-refractivity contribution in [3.63, 3.8) is 0 Å². The predicted octanol–water partition coefficient (Wildman–Crippen LogP) is 3.26. The molecule has 0 fully saturated rings. The number of hydrogen-bond donors (Lipinski definition) is 1. The lowest BCUT2D eigenvalue weighted by atomic mass is 9.86. The van der Waals surface area contributed by atoms with Gasteiger partial charge in [0.15, 0.2) is 5.65 Å². The SMILES string of the molecule is C=CS(=O)(=O)NCc1cn2ccnc2c(-c2ccc(C(C)(C)C)cc2)n1. The highest BCUT2D eigenvalue weighted by Crippen LogP contribution is 2.27. The summed E-state index contributed by atoms with van der Waals surface area (Å²) in [5.41, 5.74) is 4.27. The summed E-state index contributed by atoms with van der Waals surface area (Å²) in [6.07, 6.45) is 5.28. The number of hydrogen-bond acceptors (Lipinski definition) is 4. The fourth-order valence-electron chi connectivity index (χ4n) is 2.62. The highest BCUT2D eigenvalue weighted by Gasteiger charge is 2.15. The van der Waals surface area contributed by atoms with Crippen molar-refractivity contribution in [2.75, 3.05) is 0 Å². The Hall–Kier alpha value is -2.51. The largest absolute Gasteiger partial charge is 0.303 e. The average molecular weight is 370 g/mol. The zero-order chi connectivity index (χ0) is 18.9. The minimum Gasteiger partial charge on any atom is -0.303 e. The molecule has 0 spiro atoms. The Kier molecular flexibility index (Phi) is 4.68. The van der Waals surface area contributed by atoms with E-state index in [4.69, 9.17) is 0 Å². The lowest BCUT2D eigenvalue weighted by Crippen LogP contribution is -2.21. The molecule has 6 nitrogen and oxygen atoms in total. The molecule has 0 saturated carbocycles. The third kappa shape index (κ3) is 3.84. The van der Waals surface area contributed by atoms with E-state index in [2.05, 4.69) is 54.2 Å². The second kappa shape index (κ2) is 6.66. The van der Waals surface area contributed by atoms with Crippen LogP contribution in [0, 0.1) is 0 Å². The molecule has 1 aromatic carbocycles. The smallest absolute Gasteiger partial charge is 0.233 e. The molecule has 2 aromatic heterocycles. The molecule has 0 aliphatic carbocycles. The minimum absolute atomic E-state index is 0.0689. The van der Waals surface area contributed by atoms with E-state index in [0.717, 1.165) is 16.6 Å². The van der Waals surface area contributed by atoms with Crippen molar-refractivity contribution in [2.24, 2.45) is 0 Å². The molecule has 0 bridgehead atoms. The van der Waals surface area contributed by atoms with E-state index in [1.165, 1.54) is 5.56 Å². The average Bonchev–Trinajstić information content (AvgIpc) is 3.07. The first-order chi connectivity index (χ1) is 12.2. The van der Waals surface area contributed by atoms with Crippen LogP contribution in [0.15, 0.2) is 54.8 Å². The Bertz CT molecular complexity index is 1050. The zero-order valence-corrected chi connectivity index (χ0v) is 15.9. The van der Waals surface area contributed by atoms with E-state index in [0.29, 0.717) is 11.4 Å². The first-order valence-corrected chi connectivity index (χ1v) is 9.80. The highest BCUT2D eigenvalue weighted by molar-refractivity contribution is 7.92. The summed E-state index contributed by atoms with van der Waals surface area (Å²) in [4.78, 5) is 9.01. The van der Waals surface area contributed by atoms with Gasteiger partial charge in [0.05, 0.1) is 12.2 Å². The first-order valence-electron chi connectivity index (χ1n) is 8.25. The van der Waals surface area contributed by atoms with Crippen LogP contribution < -0.4 is 4.72 Å². The van der Waals surface area contributed by atoms with Gasteiger partial charge in [-0.3, -0.25) is 0 Å². The van der Waals surface area contributed by atoms with Crippen molar-refractivity contribution in [1.29, 1.82) is 0 Å². The van der Waals surface area contributed by atoms with Gasteiger partial charge in [-0.25, -0.2) is 23.1 Å².